The standard InChI is InChI=1S/C19H36O4/c1-5-6-7-8-9-10-11-12-15-23-18(22)19(3,4)16(2)13-14-17(20)21/h16H,5-15H2,1-4H3,(H,20,21). The largest absolute Gasteiger partial charge is 0.481 e. The normalized spacial score (nSPS) is 12.9. The number of hydrogen-bond donors (Lipinski definition) is 1. The summed E-state index contributed by atoms with van der Waals surface area (Å²) in [4.78, 5) is 22.8. The van der Waals surface area contributed by atoms with Crippen molar-refractivity contribution in [2.24, 2.45) is 11.3 Å². The highest BCUT2D eigenvalue weighted by Gasteiger charge is 2.35. The van der Waals surface area contributed by atoms with Gasteiger partial charge in [0.15, 0.2) is 0 Å². The van der Waals surface area contributed by atoms with Crippen molar-refractivity contribution >= 4 is 11.9 Å². The van der Waals surface area contributed by atoms with Crippen molar-refractivity contribution in [2.75, 3.05) is 6.61 Å². The molecule has 0 radical (unpaired) electrons. The average molecular weight is 328 g/mol. The van der Waals surface area contributed by atoms with Crippen molar-refractivity contribution in [1.82, 2.24) is 0 Å². The molecule has 0 saturated heterocycles. The molecule has 0 saturated carbocycles. The van der Waals surface area contributed by atoms with Crippen LogP contribution in [0.1, 0.15) is 91.9 Å². The van der Waals surface area contributed by atoms with Gasteiger partial charge in [0.25, 0.3) is 0 Å². The smallest absolute Gasteiger partial charge is 0.311 e. The monoisotopic (exact) mass is 328 g/mol. The molecule has 0 aliphatic heterocycles. The number of carbonyl (C=O) groups is 2. The molecule has 0 aromatic rings. The van der Waals surface area contributed by atoms with Gasteiger partial charge in [-0.1, -0.05) is 58.8 Å². The lowest BCUT2D eigenvalue weighted by molar-refractivity contribution is -0.157. The van der Waals surface area contributed by atoms with Crippen molar-refractivity contribution in [3.63, 3.8) is 0 Å². The molecule has 4 nitrogen and oxygen atoms in total. The second-order valence-corrected chi connectivity index (χ2v) is 7.17. The first-order chi connectivity index (χ1) is 10.8. The predicted molar refractivity (Wildman–Crippen MR) is 93.4 cm³/mol. The molecule has 0 heterocycles. The summed E-state index contributed by atoms with van der Waals surface area (Å²) in [6.45, 7) is 8.30. The molecule has 0 rings (SSSR count). The zero-order chi connectivity index (χ0) is 17.7. The third-order valence-corrected chi connectivity index (χ3v) is 4.78. The molecule has 0 bridgehead atoms. The third kappa shape index (κ3) is 10.4. The minimum Gasteiger partial charge on any atom is -0.481 e. The lowest BCUT2D eigenvalue weighted by Gasteiger charge is -2.29. The molecule has 0 fully saturated rings. The fourth-order valence-corrected chi connectivity index (χ4v) is 2.49. The Hall–Kier alpha value is -1.06. The quantitative estimate of drug-likeness (QED) is 0.352. The molecular weight excluding hydrogens is 292 g/mol. The summed E-state index contributed by atoms with van der Waals surface area (Å²) in [6.07, 6.45) is 10.3. The van der Waals surface area contributed by atoms with Gasteiger partial charge in [0, 0.05) is 6.42 Å². The van der Waals surface area contributed by atoms with E-state index in [4.69, 9.17) is 9.84 Å². The molecule has 0 aliphatic rings. The summed E-state index contributed by atoms with van der Waals surface area (Å²) in [6, 6.07) is 0. The van der Waals surface area contributed by atoms with Gasteiger partial charge in [-0.3, -0.25) is 9.59 Å². The molecule has 4 heteroatoms. The van der Waals surface area contributed by atoms with Gasteiger partial charge >= 0.3 is 11.9 Å². The van der Waals surface area contributed by atoms with Crippen molar-refractivity contribution in [1.29, 1.82) is 0 Å². The van der Waals surface area contributed by atoms with E-state index in [0.717, 1.165) is 12.8 Å². The van der Waals surface area contributed by atoms with Crippen LogP contribution in [0.3, 0.4) is 0 Å². The number of hydrogen-bond acceptors (Lipinski definition) is 3. The fraction of sp³-hybridized carbons (Fsp3) is 0.895. The van der Waals surface area contributed by atoms with Crippen LogP contribution in [0.25, 0.3) is 0 Å². The van der Waals surface area contributed by atoms with Crippen LogP contribution >= 0.6 is 0 Å². The van der Waals surface area contributed by atoms with Gasteiger partial charge in [0.2, 0.25) is 0 Å². The molecule has 136 valence electrons. The van der Waals surface area contributed by atoms with Crippen molar-refractivity contribution < 1.29 is 19.4 Å². The first-order valence-corrected chi connectivity index (χ1v) is 9.21. The summed E-state index contributed by atoms with van der Waals surface area (Å²) >= 11 is 0. The summed E-state index contributed by atoms with van der Waals surface area (Å²) < 4.78 is 5.39. The maximum atomic E-state index is 12.2. The minimum atomic E-state index is -0.819. The number of esters is 1. The van der Waals surface area contributed by atoms with Gasteiger partial charge in [0.1, 0.15) is 0 Å². The Morgan fingerprint density at radius 3 is 2.04 bits per heavy atom. The van der Waals surface area contributed by atoms with Gasteiger partial charge in [-0.05, 0) is 32.6 Å². The molecule has 1 atom stereocenters. The molecule has 23 heavy (non-hydrogen) atoms. The van der Waals surface area contributed by atoms with Gasteiger partial charge in [-0.25, -0.2) is 0 Å². The number of carboxylic acids is 1. The topological polar surface area (TPSA) is 63.6 Å². The molecule has 0 spiro atoms. The number of ether oxygens (including phenoxy) is 1. The molecule has 1 unspecified atom stereocenters. The van der Waals surface area contributed by atoms with Crippen molar-refractivity contribution in [2.45, 2.75) is 91.9 Å². The summed E-state index contributed by atoms with van der Waals surface area (Å²) in [5.41, 5.74) is -0.629. The Morgan fingerprint density at radius 1 is 1.00 bits per heavy atom. The zero-order valence-electron chi connectivity index (χ0n) is 15.5. The van der Waals surface area contributed by atoms with E-state index in [9.17, 15) is 9.59 Å². The zero-order valence-corrected chi connectivity index (χ0v) is 15.5. The van der Waals surface area contributed by atoms with Crippen molar-refractivity contribution in [3.05, 3.63) is 0 Å². The van der Waals surface area contributed by atoms with E-state index in [0.29, 0.717) is 13.0 Å². The van der Waals surface area contributed by atoms with E-state index in [1.807, 2.05) is 20.8 Å². The number of unbranched alkanes of at least 4 members (excludes halogenated alkanes) is 7. The van der Waals surface area contributed by atoms with Crippen LogP contribution in [0.15, 0.2) is 0 Å². The van der Waals surface area contributed by atoms with Crippen LogP contribution in [0.2, 0.25) is 0 Å². The highest BCUT2D eigenvalue weighted by atomic mass is 16.5. The van der Waals surface area contributed by atoms with Gasteiger partial charge in [-0.15, -0.1) is 0 Å². The number of aliphatic carboxylic acids is 1. The fourth-order valence-electron chi connectivity index (χ4n) is 2.49. The average Bonchev–Trinajstić information content (AvgIpc) is 2.50. The van der Waals surface area contributed by atoms with E-state index < -0.39 is 11.4 Å². The van der Waals surface area contributed by atoms with E-state index >= 15 is 0 Å². The van der Waals surface area contributed by atoms with Crippen LogP contribution in [0.5, 0.6) is 0 Å². The van der Waals surface area contributed by atoms with Crippen LogP contribution in [0.4, 0.5) is 0 Å². The first-order valence-electron chi connectivity index (χ1n) is 9.21. The predicted octanol–water partition coefficient (Wildman–Crippen LogP) is 5.20. The number of carboxylic acid groups (broad SMARTS) is 1. The summed E-state index contributed by atoms with van der Waals surface area (Å²) in [7, 11) is 0. The van der Waals surface area contributed by atoms with Crippen LogP contribution in [0, 0.1) is 11.3 Å². The molecule has 0 aromatic heterocycles. The molecule has 0 aliphatic carbocycles. The minimum absolute atomic E-state index is 0.00957. The second-order valence-electron chi connectivity index (χ2n) is 7.17. The summed E-state index contributed by atoms with van der Waals surface area (Å²) in [5.74, 6) is -1.04. The second kappa shape index (κ2) is 12.4. The number of rotatable bonds is 14. The van der Waals surface area contributed by atoms with Crippen LogP contribution in [-0.4, -0.2) is 23.7 Å². The summed E-state index contributed by atoms with van der Waals surface area (Å²) in [5, 5.41) is 8.74. The van der Waals surface area contributed by atoms with E-state index in [-0.39, 0.29) is 18.3 Å². The maximum absolute atomic E-state index is 12.2. The number of carbonyl (C=O) groups excluding carboxylic acids is 1. The third-order valence-electron chi connectivity index (χ3n) is 4.78. The Kier molecular flexibility index (Phi) is 11.8. The van der Waals surface area contributed by atoms with Gasteiger partial charge in [0.05, 0.1) is 12.0 Å². The Labute approximate surface area is 142 Å². The maximum Gasteiger partial charge on any atom is 0.311 e. The Morgan fingerprint density at radius 2 is 1.52 bits per heavy atom. The Bertz CT molecular complexity index is 336. The van der Waals surface area contributed by atoms with E-state index in [1.165, 1.54) is 38.5 Å². The highest BCUT2D eigenvalue weighted by Crippen LogP contribution is 2.31. The van der Waals surface area contributed by atoms with E-state index in [1.54, 1.807) is 0 Å². The molecule has 1 N–H and O–H groups in total. The molecule has 0 amide bonds. The molecule has 0 aromatic carbocycles. The van der Waals surface area contributed by atoms with Crippen LogP contribution in [-0.2, 0) is 14.3 Å². The van der Waals surface area contributed by atoms with Gasteiger partial charge in [-0.2, -0.15) is 0 Å². The highest BCUT2D eigenvalue weighted by molar-refractivity contribution is 5.76. The Balaban J connectivity index is 3.80. The molecular formula is C19H36O4. The van der Waals surface area contributed by atoms with Crippen LogP contribution < -0.4 is 0 Å². The first kappa shape index (κ1) is 21.9. The van der Waals surface area contributed by atoms with Crippen molar-refractivity contribution in [3.8, 4) is 0 Å². The SMILES string of the molecule is CCCCCCCCCCOC(=O)C(C)(C)C(C)CCC(=O)O. The lowest BCUT2D eigenvalue weighted by Crippen LogP contribution is -2.33. The lowest BCUT2D eigenvalue weighted by atomic mass is 9.77. The van der Waals surface area contributed by atoms with Gasteiger partial charge < -0.3 is 9.84 Å². The van der Waals surface area contributed by atoms with E-state index in [2.05, 4.69) is 6.92 Å².